The van der Waals surface area contributed by atoms with Gasteiger partial charge in [0.25, 0.3) is 0 Å². The molecule has 0 spiro atoms. The SMILES string of the molecule is Cc1cc(F)cc(CN)c1N. The summed E-state index contributed by atoms with van der Waals surface area (Å²) in [5.74, 6) is -0.280. The zero-order chi connectivity index (χ0) is 8.43. The van der Waals surface area contributed by atoms with Crippen LogP contribution < -0.4 is 11.5 Å². The summed E-state index contributed by atoms with van der Waals surface area (Å²) in [5, 5.41) is 0. The monoisotopic (exact) mass is 154 g/mol. The van der Waals surface area contributed by atoms with Gasteiger partial charge in [0.15, 0.2) is 0 Å². The molecular weight excluding hydrogens is 143 g/mol. The Kier molecular flexibility index (Phi) is 2.10. The molecule has 0 saturated heterocycles. The fourth-order valence-electron chi connectivity index (χ4n) is 0.993. The molecule has 11 heavy (non-hydrogen) atoms. The Morgan fingerprint density at radius 2 is 2.09 bits per heavy atom. The van der Waals surface area contributed by atoms with Crippen molar-refractivity contribution in [3.8, 4) is 0 Å². The molecule has 60 valence electrons. The van der Waals surface area contributed by atoms with Crippen molar-refractivity contribution in [3.63, 3.8) is 0 Å². The molecule has 0 aliphatic heterocycles. The van der Waals surface area contributed by atoms with Gasteiger partial charge in [-0.15, -0.1) is 0 Å². The minimum atomic E-state index is -0.280. The Hall–Kier alpha value is -1.09. The average molecular weight is 154 g/mol. The lowest BCUT2D eigenvalue weighted by molar-refractivity contribution is 0.624. The highest BCUT2D eigenvalue weighted by atomic mass is 19.1. The van der Waals surface area contributed by atoms with Crippen LogP contribution in [0.1, 0.15) is 11.1 Å². The van der Waals surface area contributed by atoms with Crippen molar-refractivity contribution >= 4 is 5.69 Å². The van der Waals surface area contributed by atoms with Crippen LogP contribution >= 0.6 is 0 Å². The van der Waals surface area contributed by atoms with E-state index in [1.807, 2.05) is 0 Å². The van der Waals surface area contributed by atoms with Gasteiger partial charge in [-0.1, -0.05) is 0 Å². The molecule has 1 aromatic rings. The van der Waals surface area contributed by atoms with Crippen LogP contribution in [0.2, 0.25) is 0 Å². The Morgan fingerprint density at radius 3 is 2.64 bits per heavy atom. The van der Waals surface area contributed by atoms with E-state index in [1.165, 1.54) is 12.1 Å². The van der Waals surface area contributed by atoms with E-state index in [1.54, 1.807) is 6.92 Å². The van der Waals surface area contributed by atoms with E-state index in [0.717, 1.165) is 5.56 Å². The number of anilines is 1. The summed E-state index contributed by atoms with van der Waals surface area (Å²) < 4.78 is 12.7. The highest BCUT2D eigenvalue weighted by Crippen LogP contribution is 2.17. The molecule has 1 rings (SSSR count). The molecule has 0 saturated carbocycles. The third-order valence-corrected chi connectivity index (χ3v) is 1.66. The fraction of sp³-hybridized carbons (Fsp3) is 0.250. The van der Waals surface area contributed by atoms with Crippen LogP contribution in [-0.4, -0.2) is 0 Å². The summed E-state index contributed by atoms with van der Waals surface area (Å²) in [7, 11) is 0. The molecule has 0 amide bonds. The highest BCUT2D eigenvalue weighted by molar-refractivity contribution is 5.53. The van der Waals surface area contributed by atoms with Crippen molar-refractivity contribution < 1.29 is 4.39 Å². The van der Waals surface area contributed by atoms with Crippen molar-refractivity contribution in [1.82, 2.24) is 0 Å². The van der Waals surface area contributed by atoms with Gasteiger partial charge in [0.2, 0.25) is 0 Å². The molecule has 0 aromatic heterocycles. The average Bonchev–Trinajstić information content (AvgIpc) is 1.96. The molecule has 3 heteroatoms. The van der Waals surface area contributed by atoms with E-state index >= 15 is 0 Å². The van der Waals surface area contributed by atoms with E-state index in [4.69, 9.17) is 11.5 Å². The van der Waals surface area contributed by atoms with Gasteiger partial charge in [0.05, 0.1) is 0 Å². The van der Waals surface area contributed by atoms with Crippen molar-refractivity contribution in [1.29, 1.82) is 0 Å². The largest absolute Gasteiger partial charge is 0.398 e. The molecule has 0 bridgehead atoms. The van der Waals surface area contributed by atoms with Crippen molar-refractivity contribution in [2.24, 2.45) is 5.73 Å². The first-order valence-corrected chi connectivity index (χ1v) is 3.39. The Bertz CT molecular complexity index is 271. The minimum absolute atomic E-state index is 0.280. The standard InChI is InChI=1S/C8H11FN2/c1-5-2-7(9)3-6(4-10)8(5)11/h2-3H,4,10-11H2,1H3. The predicted octanol–water partition coefficient (Wildman–Crippen LogP) is 1.18. The van der Waals surface area contributed by atoms with E-state index < -0.39 is 0 Å². The van der Waals surface area contributed by atoms with Crippen molar-refractivity contribution in [2.75, 3.05) is 5.73 Å². The number of hydrogen-bond donors (Lipinski definition) is 2. The first kappa shape index (κ1) is 8.01. The summed E-state index contributed by atoms with van der Waals surface area (Å²) in [5.41, 5.74) is 13.0. The summed E-state index contributed by atoms with van der Waals surface area (Å²) in [6.07, 6.45) is 0. The lowest BCUT2D eigenvalue weighted by Crippen LogP contribution is -2.03. The maximum Gasteiger partial charge on any atom is 0.123 e. The summed E-state index contributed by atoms with van der Waals surface area (Å²) in [6.45, 7) is 2.04. The van der Waals surface area contributed by atoms with Crippen LogP contribution in [0.3, 0.4) is 0 Å². The molecule has 1 aromatic carbocycles. The van der Waals surface area contributed by atoms with Crippen LogP contribution in [0, 0.1) is 12.7 Å². The van der Waals surface area contributed by atoms with Gasteiger partial charge in [-0.3, -0.25) is 0 Å². The third kappa shape index (κ3) is 1.49. The Labute approximate surface area is 65.0 Å². The molecule has 4 N–H and O–H groups in total. The highest BCUT2D eigenvalue weighted by Gasteiger charge is 2.02. The van der Waals surface area contributed by atoms with Gasteiger partial charge in [-0.2, -0.15) is 0 Å². The number of benzene rings is 1. The first-order valence-electron chi connectivity index (χ1n) is 3.39. The smallest absolute Gasteiger partial charge is 0.123 e. The number of nitrogen functional groups attached to an aromatic ring is 1. The maximum absolute atomic E-state index is 12.7. The van der Waals surface area contributed by atoms with Gasteiger partial charge < -0.3 is 11.5 Å². The molecule has 0 fully saturated rings. The maximum atomic E-state index is 12.7. The summed E-state index contributed by atoms with van der Waals surface area (Å²) >= 11 is 0. The number of hydrogen-bond acceptors (Lipinski definition) is 2. The van der Waals surface area contributed by atoms with Gasteiger partial charge in [-0.25, -0.2) is 4.39 Å². The summed E-state index contributed by atoms with van der Waals surface area (Å²) in [4.78, 5) is 0. The normalized spacial score (nSPS) is 10.1. The second kappa shape index (κ2) is 2.88. The van der Waals surface area contributed by atoms with Gasteiger partial charge >= 0.3 is 0 Å². The van der Waals surface area contributed by atoms with Gasteiger partial charge in [-0.05, 0) is 30.2 Å². The van der Waals surface area contributed by atoms with Crippen LogP contribution in [0.4, 0.5) is 10.1 Å². The Morgan fingerprint density at radius 1 is 1.45 bits per heavy atom. The van der Waals surface area contributed by atoms with Crippen LogP contribution in [-0.2, 0) is 6.54 Å². The molecule has 0 aliphatic carbocycles. The number of aryl methyl sites for hydroxylation is 1. The quantitative estimate of drug-likeness (QED) is 0.597. The molecule has 2 nitrogen and oxygen atoms in total. The van der Waals surface area contributed by atoms with E-state index in [9.17, 15) is 4.39 Å². The second-order valence-corrected chi connectivity index (χ2v) is 2.50. The van der Waals surface area contributed by atoms with E-state index in [2.05, 4.69) is 0 Å². The predicted molar refractivity (Wildman–Crippen MR) is 43.4 cm³/mol. The zero-order valence-electron chi connectivity index (χ0n) is 6.39. The first-order chi connectivity index (χ1) is 5.15. The minimum Gasteiger partial charge on any atom is -0.398 e. The number of halogens is 1. The van der Waals surface area contributed by atoms with E-state index in [0.29, 0.717) is 11.3 Å². The van der Waals surface area contributed by atoms with Crippen LogP contribution in [0.5, 0.6) is 0 Å². The van der Waals surface area contributed by atoms with Gasteiger partial charge in [0, 0.05) is 12.2 Å². The Balaban J connectivity index is 3.24. The zero-order valence-corrected chi connectivity index (χ0v) is 6.39. The molecular formula is C8H11FN2. The second-order valence-electron chi connectivity index (χ2n) is 2.50. The fourth-order valence-corrected chi connectivity index (χ4v) is 0.993. The van der Waals surface area contributed by atoms with Crippen LogP contribution in [0.25, 0.3) is 0 Å². The topological polar surface area (TPSA) is 52.0 Å². The van der Waals surface area contributed by atoms with Crippen molar-refractivity contribution in [2.45, 2.75) is 13.5 Å². The molecule has 0 aliphatic rings. The molecule has 0 unspecified atom stereocenters. The van der Waals surface area contributed by atoms with Crippen molar-refractivity contribution in [3.05, 3.63) is 29.1 Å². The number of rotatable bonds is 1. The van der Waals surface area contributed by atoms with E-state index in [-0.39, 0.29) is 12.4 Å². The lowest BCUT2D eigenvalue weighted by atomic mass is 10.1. The van der Waals surface area contributed by atoms with Crippen LogP contribution in [0.15, 0.2) is 12.1 Å². The van der Waals surface area contributed by atoms with Gasteiger partial charge in [0.1, 0.15) is 5.82 Å². The molecule has 0 radical (unpaired) electrons. The lowest BCUT2D eigenvalue weighted by Gasteiger charge is -2.05. The molecule has 0 heterocycles. The third-order valence-electron chi connectivity index (χ3n) is 1.66. The summed E-state index contributed by atoms with van der Waals surface area (Å²) in [6, 6.07) is 2.76. The number of nitrogens with two attached hydrogens (primary N) is 2. The molecule has 0 atom stereocenters.